The van der Waals surface area contributed by atoms with Gasteiger partial charge in [0.15, 0.2) is 0 Å². The van der Waals surface area contributed by atoms with Crippen LogP contribution in [0.3, 0.4) is 0 Å². The summed E-state index contributed by atoms with van der Waals surface area (Å²) in [5, 5.41) is 10.1. The highest BCUT2D eigenvalue weighted by Crippen LogP contribution is 2.30. The number of rotatable bonds is 3. The first-order valence-electron chi connectivity index (χ1n) is 6.79. The number of para-hydroxylation sites is 1. The lowest BCUT2D eigenvalue weighted by Gasteiger charge is -2.38. The van der Waals surface area contributed by atoms with E-state index in [-0.39, 0.29) is 18.3 Å². The molecule has 1 heterocycles. The molecule has 3 nitrogen and oxygen atoms in total. The molecule has 0 amide bonds. The second kappa shape index (κ2) is 5.72. The van der Waals surface area contributed by atoms with Gasteiger partial charge in [0.25, 0.3) is 0 Å². The standard InChI is InChI=1S/C15H23NO2/c1-4-15(17)13-7-5-6-8-14(13)16-9-11(2)18-12(3)10-16/h5-8,11-12,15,17H,4,9-10H2,1-3H3/t11-,12+,15-/m1/s1. The molecule has 0 aliphatic carbocycles. The third-order valence-corrected chi connectivity index (χ3v) is 3.44. The molecular weight excluding hydrogens is 226 g/mol. The largest absolute Gasteiger partial charge is 0.388 e. The summed E-state index contributed by atoms with van der Waals surface area (Å²) in [5.74, 6) is 0. The van der Waals surface area contributed by atoms with Gasteiger partial charge >= 0.3 is 0 Å². The van der Waals surface area contributed by atoms with Crippen LogP contribution in [0.25, 0.3) is 0 Å². The molecule has 0 bridgehead atoms. The molecule has 0 spiro atoms. The predicted molar refractivity (Wildman–Crippen MR) is 73.9 cm³/mol. The minimum atomic E-state index is -0.380. The maximum atomic E-state index is 10.1. The van der Waals surface area contributed by atoms with Crippen LogP contribution in [0.1, 0.15) is 38.9 Å². The van der Waals surface area contributed by atoms with Gasteiger partial charge in [-0.1, -0.05) is 25.1 Å². The van der Waals surface area contributed by atoms with E-state index in [9.17, 15) is 5.11 Å². The molecular formula is C15H23NO2. The molecule has 1 aliphatic rings. The SMILES string of the molecule is CC[C@@H](O)c1ccccc1N1C[C@@H](C)O[C@@H](C)C1. The van der Waals surface area contributed by atoms with Crippen molar-refractivity contribution in [3.05, 3.63) is 29.8 Å². The number of ether oxygens (including phenoxy) is 1. The maximum absolute atomic E-state index is 10.1. The number of hydrogen-bond donors (Lipinski definition) is 1. The summed E-state index contributed by atoms with van der Waals surface area (Å²) in [6.07, 6.45) is 0.836. The predicted octanol–water partition coefficient (Wildman–Crippen LogP) is 2.74. The number of hydrogen-bond acceptors (Lipinski definition) is 3. The number of morpholine rings is 1. The van der Waals surface area contributed by atoms with E-state index in [0.717, 1.165) is 30.8 Å². The van der Waals surface area contributed by atoms with Gasteiger partial charge in [-0.3, -0.25) is 0 Å². The van der Waals surface area contributed by atoms with Crippen LogP contribution in [-0.2, 0) is 4.74 Å². The lowest BCUT2D eigenvalue weighted by atomic mass is 10.0. The molecule has 0 unspecified atom stereocenters. The molecule has 100 valence electrons. The van der Waals surface area contributed by atoms with Crippen molar-refractivity contribution in [1.29, 1.82) is 0 Å². The third kappa shape index (κ3) is 2.85. The normalized spacial score (nSPS) is 26.1. The van der Waals surface area contributed by atoms with Crippen molar-refractivity contribution in [1.82, 2.24) is 0 Å². The molecule has 2 rings (SSSR count). The average molecular weight is 249 g/mol. The monoisotopic (exact) mass is 249 g/mol. The van der Waals surface area contributed by atoms with E-state index < -0.39 is 0 Å². The average Bonchev–Trinajstić information content (AvgIpc) is 2.36. The van der Waals surface area contributed by atoms with Crippen LogP contribution in [0.2, 0.25) is 0 Å². The van der Waals surface area contributed by atoms with E-state index in [1.807, 2.05) is 25.1 Å². The first kappa shape index (κ1) is 13.4. The van der Waals surface area contributed by atoms with E-state index in [1.165, 1.54) is 0 Å². The van der Waals surface area contributed by atoms with Crippen molar-refractivity contribution in [2.45, 2.75) is 45.5 Å². The van der Waals surface area contributed by atoms with Crippen molar-refractivity contribution in [3.63, 3.8) is 0 Å². The minimum Gasteiger partial charge on any atom is -0.388 e. The minimum absolute atomic E-state index is 0.237. The van der Waals surface area contributed by atoms with Crippen LogP contribution >= 0.6 is 0 Å². The van der Waals surface area contributed by atoms with Crippen LogP contribution < -0.4 is 4.90 Å². The molecule has 1 aliphatic heterocycles. The number of aliphatic hydroxyl groups excluding tert-OH is 1. The highest BCUT2D eigenvalue weighted by molar-refractivity contribution is 5.55. The summed E-state index contributed by atoms with van der Waals surface area (Å²) in [7, 11) is 0. The zero-order valence-corrected chi connectivity index (χ0v) is 11.5. The Morgan fingerprint density at radius 1 is 1.28 bits per heavy atom. The maximum Gasteiger partial charge on any atom is 0.0807 e. The summed E-state index contributed by atoms with van der Waals surface area (Å²) >= 11 is 0. The van der Waals surface area contributed by atoms with Crippen molar-refractivity contribution in [3.8, 4) is 0 Å². The van der Waals surface area contributed by atoms with E-state index >= 15 is 0 Å². The van der Waals surface area contributed by atoms with E-state index in [0.29, 0.717) is 0 Å². The zero-order valence-electron chi connectivity index (χ0n) is 11.5. The Labute approximate surface area is 109 Å². The number of nitrogens with zero attached hydrogens (tertiary/aromatic N) is 1. The molecule has 1 N–H and O–H groups in total. The Kier molecular flexibility index (Phi) is 4.25. The second-order valence-electron chi connectivity index (χ2n) is 5.15. The van der Waals surface area contributed by atoms with Crippen LogP contribution in [0.4, 0.5) is 5.69 Å². The van der Waals surface area contributed by atoms with Gasteiger partial charge in [0.2, 0.25) is 0 Å². The summed E-state index contributed by atoms with van der Waals surface area (Å²) < 4.78 is 5.76. The van der Waals surface area contributed by atoms with Crippen LogP contribution in [0.15, 0.2) is 24.3 Å². The van der Waals surface area contributed by atoms with Crippen molar-refractivity contribution < 1.29 is 9.84 Å². The molecule has 18 heavy (non-hydrogen) atoms. The lowest BCUT2D eigenvalue weighted by Crippen LogP contribution is -2.45. The Balaban J connectivity index is 2.26. The summed E-state index contributed by atoms with van der Waals surface area (Å²) in [6, 6.07) is 8.14. The highest BCUT2D eigenvalue weighted by atomic mass is 16.5. The zero-order chi connectivity index (χ0) is 13.1. The Morgan fingerprint density at radius 2 is 1.89 bits per heavy atom. The molecule has 0 radical (unpaired) electrons. The van der Waals surface area contributed by atoms with Crippen LogP contribution in [-0.4, -0.2) is 30.4 Å². The quantitative estimate of drug-likeness (QED) is 0.894. The van der Waals surface area contributed by atoms with Gasteiger partial charge in [-0.05, 0) is 26.3 Å². The van der Waals surface area contributed by atoms with Gasteiger partial charge in [0.1, 0.15) is 0 Å². The summed E-state index contributed by atoms with van der Waals surface area (Å²) in [5.41, 5.74) is 2.18. The van der Waals surface area contributed by atoms with E-state index in [2.05, 4.69) is 24.8 Å². The number of benzene rings is 1. The fraction of sp³-hybridized carbons (Fsp3) is 0.600. The highest BCUT2D eigenvalue weighted by Gasteiger charge is 2.24. The number of anilines is 1. The smallest absolute Gasteiger partial charge is 0.0807 e. The van der Waals surface area contributed by atoms with Gasteiger partial charge in [-0.2, -0.15) is 0 Å². The molecule has 3 heteroatoms. The van der Waals surface area contributed by atoms with Crippen molar-refractivity contribution >= 4 is 5.69 Å². The van der Waals surface area contributed by atoms with Crippen molar-refractivity contribution in [2.75, 3.05) is 18.0 Å². The van der Waals surface area contributed by atoms with Crippen LogP contribution in [0.5, 0.6) is 0 Å². The molecule has 1 saturated heterocycles. The van der Waals surface area contributed by atoms with Gasteiger partial charge in [-0.15, -0.1) is 0 Å². The van der Waals surface area contributed by atoms with Gasteiger partial charge in [0, 0.05) is 24.3 Å². The Morgan fingerprint density at radius 3 is 2.50 bits per heavy atom. The fourth-order valence-electron chi connectivity index (χ4n) is 2.65. The third-order valence-electron chi connectivity index (χ3n) is 3.44. The van der Waals surface area contributed by atoms with E-state index in [4.69, 9.17) is 4.74 Å². The van der Waals surface area contributed by atoms with Crippen LogP contribution in [0, 0.1) is 0 Å². The molecule has 3 atom stereocenters. The Bertz CT molecular complexity index is 384. The molecule has 1 aromatic carbocycles. The van der Waals surface area contributed by atoms with E-state index in [1.54, 1.807) is 0 Å². The lowest BCUT2D eigenvalue weighted by molar-refractivity contribution is -0.00540. The summed E-state index contributed by atoms with van der Waals surface area (Å²) in [4.78, 5) is 2.33. The number of aliphatic hydroxyl groups is 1. The van der Waals surface area contributed by atoms with Gasteiger partial charge in [0.05, 0.1) is 18.3 Å². The molecule has 1 fully saturated rings. The first-order valence-corrected chi connectivity index (χ1v) is 6.79. The van der Waals surface area contributed by atoms with Crippen molar-refractivity contribution in [2.24, 2.45) is 0 Å². The molecule has 0 aromatic heterocycles. The van der Waals surface area contributed by atoms with Gasteiger partial charge < -0.3 is 14.7 Å². The van der Waals surface area contributed by atoms with Gasteiger partial charge in [-0.25, -0.2) is 0 Å². The second-order valence-corrected chi connectivity index (χ2v) is 5.15. The molecule has 1 aromatic rings. The Hall–Kier alpha value is -1.06. The topological polar surface area (TPSA) is 32.7 Å². The fourth-order valence-corrected chi connectivity index (χ4v) is 2.65. The molecule has 0 saturated carbocycles. The summed E-state index contributed by atoms with van der Waals surface area (Å²) in [6.45, 7) is 7.98. The first-order chi connectivity index (χ1) is 8.61.